The standard InChI is InChI=1S/C16H16ClNO3S2/c1-23(20,21)15-11-12(7-8-14(15)17)16(19)18-9-10-22-13-5-3-2-4-6-13/h2-8,11H,9-10H2,1H3,(H,18,19). The van der Waals surface area contributed by atoms with Crippen LogP contribution in [0.25, 0.3) is 0 Å². The summed E-state index contributed by atoms with van der Waals surface area (Å²) in [6.45, 7) is 0.481. The summed E-state index contributed by atoms with van der Waals surface area (Å²) in [6, 6.07) is 14.1. The van der Waals surface area contributed by atoms with Crippen LogP contribution in [-0.2, 0) is 9.84 Å². The summed E-state index contributed by atoms with van der Waals surface area (Å²) in [7, 11) is -3.47. The van der Waals surface area contributed by atoms with E-state index in [0.29, 0.717) is 6.54 Å². The molecule has 0 fully saturated rings. The average Bonchev–Trinajstić information content (AvgIpc) is 2.51. The van der Waals surface area contributed by atoms with Crippen LogP contribution in [0.2, 0.25) is 5.02 Å². The zero-order valence-electron chi connectivity index (χ0n) is 12.5. The van der Waals surface area contributed by atoms with Gasteiger partial charge in [-0.15, -0.1) is 11.8 Å². The van der Waals surface area contributed by atoms with E-state index in [0.717, 1.165) is 16.9 Å². The minimum Gasteiger partial charge on any atom is -0.351 e. The topological polar surface area (TPSA) is 63.2 Å². The molecule has 2 aromatic carbocycles. The van der Waals surface area contributed by atoms with Gasteiger partial charge in [0.05, 0.1) is 9.92 Å². The van der Waals surface area contributed by atoms with Gasteiger partial charge >= 0.3 is 0 Å². The molecular weight excluding hydrogens is 354 g/mol. The van der Waals surface area contributed by atoms with Crippen molar-refractivity contribution in [2.24, 2.45) is 0 Å². The third-order valence-corrected chi connectivity index (χ3v) is 5.58. The number of hydrogen-bond donors (Lipinski definition) is 1. The summed E-state index contributed by atoms with van der Waals surface area (Å²) in [4.78, 5) is 13.2. The molecule has 0 atom stereocenters. The molecule has 0 aliphatic carbocycles. The Morgan fingerprint density at radius 1 is 1.17 bits per heavy atom. The van der Waals surface area contributed by atoms with E-state index in [1.807, 2.05) is 30.3 Å². The van der Waals surface area contributed by atoms with Crippen molar-refractivity contribution >= 4 is 39.1 Å². The molecule has 7 heteroatoms. The summed E-state index contributed by atoms with van der Waals surface area (Å²) in [5.74, 6) is 0.405. The van der Waals surface area contributed by atoms with Gasteiger partial charge in [-0.2, -0.15) is 0 Å². The number of amides is 1. The first-order chi connectivity index (χ1) is 10.9. The SMILES string of the molecule is CS(=O)(=O)c1cc(C(=O)NCCSc2ccccc2)ccc1Cl. The van der Waals surface area contributed by atoms with Crippen LogP contribution in [0.15, 0.2) is 58.3 Å². The third-order valence-electron chi connectivity index (χ3n) is 2.99. The second-order valence-electron chi connectivity index (χ2n) is 4.83. The number of carbonyl (C=O) groups excluding carboxylic acids is 1. The number of benzene rings is 2. The van der Waals surface area contributed by atoms with Crippen molar-refractivity contribution in [2.75, 3.05) is 18.6 Å². The van der Waals surface area contributed by atoms with Gasteiger partial charge in [0.15, 0.2) is 9.84 Å². The van der Waals surface area contributed by atoms with Gasteiger partial charge in [-0.25, -0.2) is 8.42 Å². The quantitative estimate of drug-likeness (QED) is 0.627. The number of sulfone groups is 1. The summed E-state index contributed by atoms with van der Waals surface area (Å²) in [5, 5.41) is 2.88. The smallest absolute Gasteiger partial charge is 0.251 e. The van der Waals surface area contributed by atoms with Crippen LogP contribution >= 0.6 is 23.4 Å². The zero-order chi connectivity index (χ0) is 16.9. The Morgan fingerprint density at radius 3 is 2.52 bits per heavy atom. The molecule has 0 radical (unpaired) electrons. The highest BCUT2D eigenvalue weighted by Gasteiger charge is 2.15. The van der Waals surface area contributed by atoms with Crippen LogP contribution in [0.5, 0.6) is 0 Å². The molecule has 2 aromatic rings. The molecule has 0 saturated carbocycles. The molecular formula is C16H16ClNO3S2. The summed E-state index contributed by atoms with van der Waals surface area (Å²) in [6.07, 6.45) is 1.06. The van der Waals surface area contributed by atoms with Crippen molar-refractivity contribution in [1.29, 1.82) is 0 Å². The van der Waals surface area contributed by atoms with Crippen molar-refractivity contribution < 1.29 is 13.2 Å². The highest BCUT2D eigenvalue weighted by Crippen LogP contribution is 2.22. The molecule has 4 nitrogen and oxygen atoms in total. The maximum atomic E-state index is 12.1. The number of halogens is 1. The summed E-state index contributed by atoms with van der Waals surface area (Å²) < 4.78 is 23.3. The molecule has 122 valence electrons. The molecule has 1 N–H and O–H groups in total. The Kier molecular flexibility index (Phi) is 6.10. The Morgan fingerprint density at radius 2 is 1.87 bits per heavy atom. The van der Waals surface area contributed by atoms with E-state index in [4.69, 9.17) is 11.6 Å². The minimum absolute atomic E-state index is 0.0366. The van der Waals surface area contributed by atoms with Gasteiger partial charge < -0.3 is 5.32 Å². The fraction of sp³-hybridized carbons (Fsp3) is 0.188. The van der Waals surface area contributed by atoms with E-state index in [9.17, 15) is 13.2 Å². The first-order valence-corrected chi connectivity index (χ1v) is 10.1. The van der Waals surface area contributed by atoms with E-state index in [1.54, 1.807) is 11.8 Å². The Labute approximate surface area is 145 Å². The van der Waals surface area contributed by atoms with Crippen LogP contribution in [0, 0.1) is 0 Å². The molecule has 0 unspecified atom stereocenters. The third kappa shape index (κ3) is 5.27. The molecule has 0 aliphatic rings. The monoisotopic (exact) mass is 369 g/mol. The largest absolute Gasteiger partial charge is 0.351 e. The van der Waals surface area contributed by atoms with E-state index >= 15 is 0 Å². The lowest BCUT2D eigenvalue weighted by molar-refractivity contribution is 0.0956. The molecule has 0 bridgehead atoms. The number of rotatable bonds is 6. The number of nitrogens with one attached hydrogen (secondary N) is 1. The molecule has 0 spiro atoms. The fourth-order valence-electron chi connectivity index (χ4n) is 1.88. The van der Waals surface area contributed by atoms with Gasteiger partial charge in [-0.1, -0.05) is 29.8 Å². The molecule has 1 amide bonds. The van der Waals surface area contributed by atoms with Gasteiger partial charge in [-0.05, 0) is 30.3 Å². The lowest BCUT2D eigenvalue weighted by Gasteiger charge is -2.08. The maximum Gasteiger partial charge on any atom is 0.251 e. The predicted molar refractivity (Wildman–Crippen MR) is 94.1 cm³/mol. The molecule has 0 aliphatic heterocycles. The lowest BCUT2D eigenvalue weighted by atomic mass is 10.2. The fourth-order valence-corrected chi connectivity index (χ4v) is 3.97. The van der Waals surface area contributed by atoms with Gasteiger partial charge in [0.2, 0.25) is 0 Å². The highest BCUT2D eigenvalue weighted by molar-refractivity contribution is 7.99. The Bertz CT molecular complexity index is 792. The summed E-state index contributed by atoms with van der Waals surface area (Å²) >= 11 is 7.50. The van der Waals surface area contributed by atoms with Crippen LogP contribution in [0.3, 0.4) is 0 Å². The molecule has 2 rings (SSSR count). The minimum atomic E-state index is -3.47. The average molecular weight is 370 g/mol. The molecule has 0 heterocycles. The number of hydrogen-bond acceptors (Lipinski definition) is 4. The van der Waals surface area contributed by atoms with Crippen molar-refractivity contribution in [3.63, 3.8) is 0 Å². The van der Waals surface area contributed by atoms with Crippen molar-refractivity contribution in [3.8, 4) is 0 Å². The second kappa shape index (κ2) is 7.86. The predicted octanol–water partition coefficient (Wildman–Crippen LogP) is 3.27. The zero-order valence-corrected chi connectivity index (χ0v) is 14.8. The molecule has 0 saturated heterocycles. The first-order valence-electron chi connectivity index (χ1n) is 6.83. The maximum absolute atomic E-state index is 12.1. The van der Waals surface area contributed by atoms with Crippen LogP contribution in [0.1, 0.15) is 10.4 Å². The van der Waals surface area contributed by atoms with Gasteiger partial charge in [0.25, 0.3) is 5.91 Å². The lowest BCUT2D eigenvalue weighted by Crippen LogP contribution is -2.25. The van der Waals surface area contributed by atoms with Crippen LogP contribution < -0.4 is 5.32 Å². The normalized spacial score (nSPS) is 11.2. The van der Waals surface area contributed by atoms with Crippen LogP contribution in [0.4, 0.5) is 0 Å². The molecule has 23 heavy (non-hydrogen) atoms. The van der Waals surface area contributed by atoms with Gasteiger partial charge in [-0.3, -0.25) is 4.79 Å². The second-order valence-corrected chi connectivity index (χ2v) is 8.39. The van der Waals surface area contributed by atoms with E-state index in [2.05, 4.69) is 5.32 Å². The first kappa shape index (κ1) is 17.8. The van der Waals surface area contributed by atoms with E-state index in [-0.39, 0.29) is 21.4 Å². The number of carbonyl (C=O) groups is 1. The Hall–Kier alpha value is -1.50. The van der Waals surface area contributed by atoms with Gasteiger partial charge in [0, 0.05) is 29.0 Å². The van der Waals surface area contributed by atoms with E-state index < -0.39 is 9.84 Å². The van der Waals surface area contributed by atoms with Crippen molar-refractivity contribution in [2.45, 2.75) is 9.79 Å². The van der Waals surface area contributed by atoms with Crippen LogP contribution in [-0.4, -0.2) is 32.9 Å². The summed E-state index contributed by atoms with van der Waals surface area (Å²) in [5.41, 5.74) is 0.277. The highest BCUT2D eigenvalue weighted by atomic mass is 35.5. The molecule has 0 aromatic heterocycles. The van der Waals surface area contributed by atoms with E-state index in [1.165, 1.54) is 18.2 Å². The van der Waals surface area contributed by atoms with Gasteiger partial charge in [0.1, 0.15) is 0 Å². The van der Waals surface area contributed by atoms with Crippen molar-refractivity contribution in [3.05, 3.63) is 59.1 Å². The van der Waals surface area contributed by atoms with Crippen molar-refractivity contribution in [1.82, 2.24) is 5.32 Å². The Balaban J connectivity index is 1.94. The number of thioether (sulfide) groups is 1.